The molecule has 3 N–H and O–H groups in total. The van der Waals surface area contributed by atoms with Crippen LogP contribution in [0.15, 0.2) is 21.2 Å². The summed E-state index contributed by atoms with van der Waals surface area (Å²) in [4.78, 5) is 13.8. The lowest BCUT2D eigenvalue weighted by Crippen LogP contribution is -2.27. The zero-order valence-electron chi connectivity index (χ0n) is 11.4. The van der Waals surface area contributed by atoms with Crippen molar-refractivity contribution < 1.29 is 9.21 Å². The van der Waals surface area contributed by atoms with Gasteiger partial charge in [-0.15, -0.1) is 0 Å². The number of aromatic nitrogens is 2. The molecule has 0 aliphatic heterocycles. The summed E-state index contributed by atoms with van der Waals surface area (Å²) in [6.07, 6.45) is 1.72. The normalized spacial score (nSPS) is 10.8. The van der Waals surface area contributed by atoms with Gasteiger partial charge in [0.05, 0.1) is 17.9 Å². The predicted octanol–water partition coefficient (Wildman–Crippen LogP) is 2.57. The van der Waals surface area contributed by atoms with Gasteiger partial charge in [-0.2, -0.15) is 5.10 Å². The standard InChI is InChI=1S/C13H17BrN4O2/c1-3-4-9-11(15)12(17-16-9)13(19)18(2)7-8-5-6-10(14)20-8/h5-6H,3-4,7,15H2,1-2H3,(H,16,17). The average Bonchev–Trinajstić information content (AvgIpc) is 2.97. The van der Waals surface area contributed by atoms with Crippen LogP contribution in [0.4, 0.5) is 5.69 Å². The highest BCUT2D eigenvalue weighted by molar-refractivity contribution is 9.10. The van der Waals surface area contributed by atoms with Crippen LogP contribution in [0, 0.1) is 0 Å². The topological polar surface area (TPSA) is 88.2 Å². The summed E-state index contributed by atoms with van der Waals surface area (Å²) in [7, 11) is 1.69. The number of nitrogen functional groups attached to an aromatic ring is 1. The minimum Gasteiger partial charge on any atom is -0.452 e. The molecule has 0 aliphatic rings. The van der Waals surface area contributed by atoms with Crippen molar-refractivity contribution in [1.29, 1.82) is 0 Å². The summed E-state index contributed by atoms with van der Waals surface area (Å²) in [5.74, 6) is 0.462. The SMILES string of the molecule is CCCc1[nH]nc(C(=O)N(C)Cc2ccc(Br)o2)c1N. The van der Waals surface area contributed by atoms with Crippen LogP contribution >= 0.6 is 15.9 Å². The van der Waals surface area contributed by atoms with E-state index in [0.29, 0.717) is 22.7 Å². The summed E-state index contributed by atoms with van der Waals surface area (Å²) >= 11 is 3.23. The molecule has 108 valence electrons. The molecule has 1 amide bonds. The molecule has 2 aromatic heterocycles. The fourth-order valence-corrected chi connectivity index (χ4v) is 2.25. The summed E-state index contributed by atoms with van der Waals surface area (Å²) < 4.78 is 6.01. The number of aromatic amines is 1. The third-order valence-electron chi connectivity index (χ3n) is 2.95. The highest BCUT2D eigenvalue weighted by atomic mass is 79.9. The number of furan rings is 1. The maximum Gasteiger partial charge on any atom is 0.276 e. The Bertz CT molecular complexity index is 605. The molecule has 0 atom stereocenters. The van der Waals surface area contributed by atoms with Crippen LogP contribution < -0.4 is 5.73 Å². The van der Waals surface area contributed by atoms with Gasteiger partial charge in [-0.3, -0.25) is 9.89 Å². The number of carbonyl (C=O) groups is 1. The Balaban J connectivity index is 2.10. The maximum absolute atomic E-state index is 12.3. The van der Waals surface area contributed by atoms with Gasteiger partial charge in [0, 0.05) is 7.05 Å². The number of halogens is 1. The summed E-state index contributed by atoms with van der Waals surface area (Å²) in [5.41, 5.74) is 7.46. The molecular weight excluding hydrogens is 324 g/mol. The number of aryl methyl sites for hydroxylation is 1. The molecule has 2 aromatic rings. The van der Waals surface area contributed by atoms with Crippen molar-refractivity contribution in [2.24, 2.45) is 0 Å². The Labute approximate surface area is 125 Å². The Morgan fingerprint density at radius 1 is 1.55 bits per heavy atom. The molecule has 0 saturated heterocycles. The van der Waals surface area contributed by atoms with E-state index in [4.69, 9.17) is 10.2 Å². The van der Waals surface area contributed by atoms with Crippen molar-refractivity contribution in [1.82, 2.24) is 15.1 Å². The van der Waals surface area contributed by atoms with Gasteiger partial charge in [0.1, 0.15) is 5.76 Å². The number of hydrogen-bond acceptors (Lipinski definition) is 4. The molecule has 0 fully saturated rings. The van der Waals surface area contributed by atoms with E-state index in [9.17, 15) is 4.79 Å². The van der Waals surface area contributed by atoms with Crippen LogP contribution in [0.2, 0.25) is 0 Å². The van der Waals surface area contributed by atoms with Crippen LogP contribution in [0.3, 0.4) is 0 Å². The van der Waals surface area contributed by atoms with E-state index in [-0.39, 0.29) is 11.6 Å². The van der Waals surface area contributed by atoms with E-state index in [1.807, 2.05) is 13.0 Å². The maximum atomic E-state index is 12.3. The lowest BCUT2D eigenvalue weighted by atomic mass is 10.2. The molecular formula is C13H17BrN4O2. The van der Waals surface area contributed by atoms with Gasteiger partial charge >= 0.3 is 0 Å². The molecule has 6 nitrogen and oxygen atoms in total. The number of carbonyl (C=O) groups excluding carboxylic acids is 1. The first-order valence-electron chi connectivity index (χ1n) is 6.35. The second-order valence-corrected chi connectivity index (χ2v) is 5.36. The minimum atomic E-state index is -0.228. The van der Waals surface area contributed by atoms with Gasteiger partial charge in [0.15, 0.2) is 10.4 Å². The number of rotatable bonds is 5. The Morgan fingerprint density at radius 3 is 2.90 bits per heavy atom. The van der Waals surface area contributed by atoms with E-state index >= 15 is 0 Å². The van der Waals surface area contributed by atoms with Crippen molar-refractivity contribution in [2.75, 3.05) is 12.8 Å². The largest absolute Gasteiger partial charge is 0.452 e. The fourth-order valence-electron chi connectivity index (χ4n) is 1.91. The molecule has 0 unspecified atom stereocenters. The van der Waals surface area contributed by atoms with Gasteiger partial charge in [0.25, 0.3) is 5.91 Å². The van der Waals surface area contributed by atoms with E-state index in [1.54, 1.807) is 13.1 Å². The van der Waals surface area contributed by atoms with Gasteiger partial charge in [-0.1, -0.05) is 13.3 Å². The average molecular weight is 341 g/mol. The van der Waals surface area contributed by atoms with Gasteiger partial charge < -0.3 is 15.1 Å². The summed E-state index contributed by atoms with van der Waals surface area (Å²) in [5, 5.41) is 6.85. The highest BCUT2D eigenvalue weighted by Gasteiger charge is 2.21. The third-order valence-corrected chi connectivity index (χ3v) is 3.38. The number of nitrogens with zero attached hydrogens (tertiary/aromatic N) is 2. The molecule has 0 radical (unpaired) electrons. The van der Waals surface area contributed by atoms with Crippen LogP contribution in [0.25, 0.3) is 0 Å². The first kappa shape index (κ1) is 14.6. The van der Waals surface area contributed by atoms with Crippen LogP contribution in [0.5, 0.6) is 0 Å². The predicted molar refractivity (Wildman–Crippen MR) is 79.2 cm³/mol. The molecule has 0 saturated carbocycles. The van der Waals surface area contributed by atoms with Crippen LogP contribution in [-0.2, 0) is 13.0 Å². The molecule has 0 bridgehead atoms. The van der Waals surface area contributed by atoms with Crippen LogP contribution in [0.1, 0.15) is 35.3 Å². The Morgan fingerprint density at radius 2 is 2.30 bits per heavy atom. The second kappa shape index (κ2) is 6.13. The van der Waals surface area contributed by atoms with E-state index in [0.717, 1.165) is 18.5 Å². The molecule has 0 aliphatic carbocycles. The minimum absolute atomic E-state index is 0.228. The zero-order chi connectivity index (χ0) is 14.7. The van der Waals surface area contributed by atoms with Crippen molar-refractivity contribution in [2.45, 2.75) is 26.3 Å². The Kier molecular flexibility index (Phi) is 4.49. The Hall–Kier alpha value is -1.76. The quantitative estimate of drug-likeness (QED) is 0.875. The molecule has 2 rings (SSSR count). The summed E-state index contributed by atoms with van der Waals surface area (Å²) in [6, 6.07) is 3.60. The molecule has 7 heteroatoms. The van der Waals surface area contributed by atoms with E-state index in [1.165, 1.54) is 4.90 Å². The number of nitrogens with two attached hydrogens (primary N) is 1. The second-order valence-electron chi connectivity index (χ2n) is 4.58. The van der Waals surface area contributed by atoms with Crippen molar-refractivity contribution >= 4 is 27.5 Å². The van der Waals surface area contributed by atoms with Crippen molar-refractivity contribution in [3.05, 3.63) is 34.0 Å². The van der Waals surface area contributed by atoms with Crippen molar-refractivity contribution in [3.63, 3.8) is 0 Å². The zero-order valence-corrected chi connectivity index (χ0v) is 13.0. The first-order valence-corrected chi connectivity index (χ1v) is 7.14. The number of amides is 1. The lowest BCUT2D eigenvalue weighted by molar-refractivity contribution is 0.0770. The number of nitrogens with one attached hydrogen (secondary N) is 1. The number of hydrogen-bond donors (Lipinski definition) is 2. The van der Waals surface area contributed by atoms with Gasteiger partial charge in [-0.25, -0.2) is 0 Å². The summed E-state index contributed by atoms with van der Waals surface area (Å²) in [6.45, 7) is 2.41. The molecule has 0 spiro atoms. The third kappa shape index (κ3) is 3.04. The fraction of sp³-hybridized carbons (Fsp3) is 0.385. The van der Waals surface area contributed by atoms with E-state index in [2.05, 4.69) is 26.1 Å². The highest BCUT2D eigenvalue weighted by Crippen LogP contribution is 2.19. The molecule has 2 heterocycles. The van der Waals surface area contributed by atoms with Gasteiger partial charge in [0.2, 0.25) is 0 Å². The molecule has 20 heavy (non-hydrogen) atoms. The van der Waals surface area contributed by atoms with Gasteiger partial charge in [-0.05, 0) is 34.5 Å². The first-order chi connectivity index (χ1) is 9.52. The monoisotopic (exact) mass is 340 g/mol. The van der Waals surface area contributed by atoms with Crippen molar-refractivity contribution in [3.8, 4) is 0 Å². The molecule has 0 aromatic carbocycles. The number of H-pyrrole nitrogens is 1. The van der Waals surface area contributed by atoms with E-state index < -0.39 is 0 Å². The number of anilines is 1. The van der Waals surface area contributed by atoms with Crippen LogP contribution in [-0.4, -0.2) is 28.1 Å². The smallest absolute Gasteiger partial charge is 0.276 e. The lowest BCUT2D eigenvalue weighted by Gasteiger charge is -2.14.